The lowest BCUT2D eigenvalue weighted by atomic mass is 9.38. The van der Waals surface area contributed by atoms with Crippen LogP contribution in [0.4, 0.5) is 0 Å². The molecule has 0 heterocycles. The molecule has 0 aromatic heterocycles. The summed E-state index contributed by atoms with van der Waals surface area (Å²) < 4.78 is 0. The molecule has 0 aliphatic heterocycles. The molecule has 4 aliphatic carbocycles. The summed E-state index contributed by atoms with van der Waals surface area (Å²) in [5.74, 6) is 0. The second-order valence-corrected chi connectivity index (χ2v) is 7.70. The van der Waals surface area contributed by atoms with E-state index in [2.05, 4.69) is 13.8 Å². The standard InChI is InChI=1S/C13H23NO.ClH/c1-10-3-11(2)5-12(4-10,9-15)8-13(14,6-10)7-11;/h15H,3-9,14H2,1-2H3;1H. The Labute approximate surface area is 104 Å². The average Bonchev–Trinajstić information content (AvgIpc) is 1.94. The maximum absolute atomic E-state index is 9.72. The Morgan fingerprint density at radius 2 is 1.44 bits per heavy atom. The van der Waals surface area contributed by atoms with Gasteiger partial charge < -0.3 is 10.8 Å². The molecule has 0 amide bonds. The van der Waals surface area contributed by atoms with Crippen LogP contribution in [0.3, 0.4) is 0 Å². The highest BCUT2D eigenvalue weighted by Crippen LogP contribution is 2.69. The van der Waals surface area contributed by atoms with Crippen LogP contribution >= 0.6 is 12.4 Å². The summed E-state index contributed by atoms with van der Waals surface area (Å²) in [6.07, 6.45) is 7.13. The van der Waals surface area contributed by atoms with Gasteiger partial charge >= 0.3 is 0 Å². The fourth-order valence-electron chi connectivity index (χ4n) is 6.21. The maximum Gasteiger partial charge on any atom is 0.0488 e. The Morgan fingerprint density at radius 3 is 1.81 bits per heavy atom. The normalized spacial score (nSPS) is 58.5. The van der Waals surface area contributed by atoms with Gasteiger partial charge in [-0.3, -0.25) is 0 Å². The second-order valence-electron chi connectivity index (χ2n) is 7.70. The lowest BCUT2D eigenvalue weighted by Gasteiger charge is -2.68. The third-order valence-electron chi connectivity index (χ3n) is 5.08. The van der Waals surface area contributed by atoms with Crippen LogP contribution in [-0.4, -0.2) is 17.3 Å². The maximum atomic E-state index is 9.72. The minimum absolute atomic E-state index is 0. The second kappa shape index (κ2) is 3.15. The van der Waals surface area contributed by atoms with Crippen LogP contribution in [0.1, 0.15) is 52.4 Å². The SMILES string of the molecule is CC12CC3(C)CC(N)(C1)CC(CO)(C2)C3.Cl. The lowest BCUT2D eigenvalue weighted by molar-refractivity contribution is -0.169. The van der Waals surface area contributed by atoms with Crippen molar-refractivity contribution in [2.45, 2.75) is 57.9 Å². The van der Waals surface area contributed by atoms with Crippen LogP contribution in [0.5, 0.6) is 0 Å². The van der Waals surface area contributed by atoms with Gasteiger partial charge in [-0.1, -0.05) is 13.8 Å². The van der Waals surface area contributed by atoms with E-state index in [0.29, 0.717) is 17.4 Å². The highest BCUT2D eigenvalue weighted by atomic mass is 35.5. The first-order valence-electron chi connectivity index (χ1n) is 6.20. The Kier molecular flexibility index (Phi) is 2.50. The van der Waals surface area contributed by atoms with Crippen LogP contribution in [0.2, 0.25) is 0 Å². The summed E-state index contributed by atoms with van der Waals surface area (Å²) >= 11 is 0. The predicted molar refractivity (Wildman–Crippen MR) is 67.6 cm³/mol. The zero-order valence-corrected chi connectivity index (χ0v) is 11.2. The third-order valence-corrected chi connectivity index (χ3v) is 5.08. The van der Waals surface area contributed by atoms with E-state index in [1.807, 2.05) is 0 Å². The van der Waals surface area contributed by atoms with E-state index in [9.17, 15) is 5.11 Å². The highest BCUT2D eigenvalue weighted by molar-refractivity contribution is 5.85. The predicted octanol–water partition coefficient (Wildman–Crippen LogP) is 2.48. The van der Waals surface area contributed by atoms with E-state index in [4.69, 9.17) is 5.73 Å². The van der Waals surface area contributed by atoms with Crippen LogP contribution in [0.25, 0.3) is 0 Å². The van der Waals surface area contributed by atoms with Crippen LogP contribution < -0.4 is 5.73 Å². The van der Waals surface area contributed by atoms with Crippen molar-refractivity contribution < 1.29 is 5.11 Å². The fraction of sp³-hybridized carbons (Fsp3) is 1.00. The van der Waals surface area contributed by atoms with Gasteiger partial charge in [0.05, 0.1) is 0 Å². The molecule has 94 valence electrons. The minimum Gasteiger partial charge on any atom is -0.396 e. The largest absolute Gasteiger partial charge is 0.396 e. The van der Waals surface area contributed by atoms with Crippen molar-refractivity contribution in [3.05, 3.63) is 0 Å². The number of nitrogens with two attached hydrogens (primary N) is 1. The van der Waals surface area contributed by atoms with E-state index in [1.54, 1.807) is 0 Å². The van der Waals surface area contributed by atoms with Gasteiger partial charge in [0.2, 0.25) is 0 Å². The Balaban J connectivity index is 0.000000963. The molecule has 16 heavy (non-hydrogen) atoms. The van der Waals surface area contributed by atoms with Crippen molar-refractivity contribution in [1.82, 2.24) is 0 Å². The molecule has 0 aromatic carbocycles. The molecule has 4 aliphatic rings. The smallest absolute Gasteiger partial charge is 0.0488 e. The summed E-state index contributed by atoms with van der Waals surface area (Å²) in [5, 5.41) is 9.72. The molecule has 4 bridgehead atoms. The molecule has 0 aromatic rings. The Morgan fingerprint density at radius 1 is 0.938 bits per heavy atom. The van der Waals surface area contributed by atoms with E-state index >= 15 is 0 Å². The average molecular weight is 246 g/mol. The quantitative estimate of drug-likeness (QED) is 0.746. The number of halogens is 1. The molecule has 4 saturated carbocycles. The van der Waals surface area contributed by atoms with Crippen molar-refractivity contribution in [1.29, 1.82) is 0 Å². The summed E-state index contributed by atoms with van der Waals surface area (Å²) in [6, 6.07) is 0. The van der Waals surface area contributed by atoms with E-state index in [0.717, 1.165) is 6.42 Å². The lowest BCUT2D eigenvalue weighted by Crippen LogP contribution is -2.66. The molecular formula is C13H24ClNO. The van der Waals surface area contributed by atoms with Crippen molar-refractivity contribution in [2.24, 2.45) is 22.0 Å². The van der Waals surface area contributed by atoms with Gasteiger partial charge in [-0.15, -0.1) is 12.4 Å². The Hall–Kier alpha value is 0.210. The van der Waals surface area contributed by atoms with E-state index in [1.165, 1.54) is 32.1 Å². The molecular weight excluding hydrogens is 222 g/mol. The number of hydrogen-bond acceptors (Lipinski definition) is 2. The first-order chi connectivity index (χ1) is 6.80. The van der Waals surface area contributed by atoms with Gasteiger partial charge in [0, 0.05) is 12.1 Å². The van der Waals surface area contributed by atoms with Crippen LogP contribution in [0, 0.1) is 16.2 Å². The zero-order valence-electron chi connectivity index (χ0n) is 10.4. The zero-order chi connectivity index (χ0) is 10.9. The number of rotatable bonds is 1. The van der Waals surface area contributed by atoms with Gasteiger partial charge in [-0.25, -0.2) is 0 Å². The minimum atomic E-state index is 0. The van der Waals surface area contributed by atoms with Crippen molar-refractivity contribution in [3.8, 4) is 0 Å². The van der Waals surface area contributed by atoms with Crippen LogP contribution in [-0.2, 0) is 0 Å². The molecule has 2 unspecified atom stereocenters. The third kappa shape index (κ3) is 1.61. The summed E-state index contributed by atoms with van der Waals surface area (Å²) in [7, 11) is 0. The molecule has 3 N–H and O–H groups in total. The van der Waals surface area contributed by atoms with E-state index in [-0.39, 0.29) is 23.4 Å². The molecule has 0 radical (unpaired) electrons. The fourth-order valence-corrected chi connectivity index (χ4v) is 6.21. The number of hydrogen-bond donors (Lipinski definition) is 2. The van der Waals surface area contributed by atoms with Gasteiger partial charge in [0.15, 0.2) is 0 Å². The van der Waals surface area contributed by atoms with Crippen molar-refractivity contribution >= 4 is 12.4 Å². The van der Waals surface area contributed by atoms with Crippen molar-refractivity contribution in [2.75, 3.05) is 6.61 Å². The summed E-state index contributed by atoms with van der Waals surface area (Å²) in [4.78, 5) is 0. The number of aliphatic hydroxyl groups excluding tert-OH is 1. The molecule has 3 heteroatoms. The molecule has 0 spiro atoms. The van der Waals surface area contributed by atoms with Gasteiger partial charge in [-0.2, -0.15) is 0 Å². The molecule has 2 atom stereocenters. The van der Waals surface area contributed by atoms with Gasteiger partial charge in [0.25, 0.3) is 0 Å². The van der Waals surface area contributed by atoms with Crippen molar-refractivity contribution in [3.63, 3.8) is 0 Å². The summed E-state index contributed by atoms with van der Waals surface area (Å²) in [5.41, 5.74) is 7.54. The Bertz CT molecular complexity index is 264. The molecule has 4 fully saturated rings. The monoisotopic (exact) mass is 245 g/mol. The first-order valence-corrected chi connectivity index (χ1v) is 6.20. The highest BCUT2D eigenvalue weighted by Gasteiger charge is 2.64. The molecule has 4 rings (SSSR count). The topological polar surface area (TPSA) is 46.2 Å². The van der Waals surface area contributed by atoms with Crippen LogP contribution in [0.15, 0.2) is 0 Å². The van der Waals surface area contributed by atoms with Gasteiger partial charge in [0.1, 0.15) is 0 Å². The molecule has 0 saturated heterocycles. The van der Waals surface area contributed by atoms with Gasteiger partial charge in [-0.05, 0) is 54.8 Å². The summed E-state index contributed by atoms with van der Waals surface area (Å²) in [6.45, 7) is 5.11. The first kappa shape index (κ1) is 12.7. The van der Waals surface area contributed by atoms with E-state index < -0.39 is 0 Å². The number of aliphatic hydroxyl groups is 1. The molecule has 2 nitrogen and oxygen atoms in total.